The van der Waals surface area contributed by atoms with Gasteiger partial charge in [0.1, 0.15) is 17.1 Å². The van der Waals surface area contributed by atoms with Crippen molar-refractivity contribution in [3.63, 3.8) is 0 Å². The van der Waals surface area contributed by atoms with Crippen LogP contribution in [0, 0.1) is 0 Å². The molecule has 0 radical (unpaired) electrons. The Morgan fingerprint density at radius 3 is 2.22 bits per heavy atom. The first-order valence-electron chi connectivity index (χ1n) is 10.1. The molecule has 7 nitrogen and oxygen atoms in total. The van der Waals surface area contributed by atoms with Gasteiger partial charge >= 0.3 is 18.1 Å². The Hall–Kier alpha value is -4.31. The zero-order valence-corrected chi connectivity index (χ0v) is 19.0. The summed E-state index contributed by atoms with van der Waals surface area (Å²) in [5.41, 5.74) is -1.42. The second-order valence-electron chi connectivity index (χ2n) is 7.23. The minimum atomic E-state index is -5.10. The number of benzene rings is 3. The predicted molar refractivity (Wildman–Crippen MR) is 122 cm³/mol. The van der Waals surface area contributed by atoms with Crippen LogP contribution in [-0.2, 0) is 10.9 Å². The molecule has 4 aromatic rings. The maximum atomic E-state index is 13.8. The van der Waals surface area contributed by atoms with Crippen LogP contribution in [0.4, 0.5) is 13.2 Å². The van der Waals surface area contributed by atoms with Crippen molar-refractivity contribution in [3.05, 3.63) is 98.9 Å². The van der Waals surface area contributed by atoms with Gasteiger partial charge in [0.15, 0.2) is 0 Å². The zero-order chi connectivity index (χ0) is 26.0. The smallest absolute Gasteiger partial charge is 0.453 e. The molecule has 0 aliphatic carbocycles. The van der Waals surface area contributed by atoms with Crippen LogP contribution in [0.1, 0.15) is 26.5 Å². The Balaban J connectivity index is 1.72. The molecule has 4 rings (SSSR count). The lowest BCUT2D eigenvalue weighted by Gasteiger charge is -2.14. The number of ether oxygens (including phenoxy) is 3. The van der Waals surface area contributed by atoms with E-state index in [9.17, 15) is 27.6 Å². The SMILES string of the molecule is COC(=O)c1ccc(Oc2c(C(F)(F)F)oc3cc(OC(=O)c4ccccc4Cl)ccc3c2=O)cc1. The van der Waals surface area contributed by atoms with E-state index in [1.165, 1.54) is 49.6 Å². The second-order valence-corrected chi connectivity index (χ2v) is 7.64. The Morgan fingerprint density at radius 1 is 0.917 bits per heavy atom. The summed E-state index contributed by atoms with van der Waals surface area (Å²) >= 11 is 5.97. The molecule has 0 atom stereocenters. The van der Waals surface area contributed by atoms with Crippen molar-refractivity contribution >= 4 is 34.5 Å². The van der Waals surface area contributed by atoms with Crippen molar-refractivity contribution < 1.29 is 41.4 Å². The van der Waals surface area contributed by atoms with Gasteiger partial charge in [0, 0.05) is 6.07 Å². The van der Waals surface area contributed by atoms with Gasteiger partial charge in [-0.2, -0.15) is 13.2 Å². The number of carbonyl (C=O) groups is 2. The second kappa shape index (κ2) is 9.74. The van der Waals surface area contributed by atoms with E-state index in [1.54, 1.807) is 12.1 Å². The quantitative estimate of drug-likeness (QED) is 0.227. The average Bonchev–Trinajstić information content (AvgIpc) is 2.85. The van der Waals surface area contributed by atoms with Crippen LogP contribution >= 0.6 is 11.6 Å². The largest absolute Gasteiger partial charge is 0.465 e. The normalized spacial score (nSPS) is 11.2. The summed E-state index contributed by atoms with van der Waals surface area (Å²) in [7, 11) is 1.17. The molecular formula is C25H14ClF3O7. The van der Waals surface area contributed by atoms with Crippen LogP contribution in [0.2, 0.25) is 5.02 Å². The van der Waals surface area contributed by atoms with Gasteiger partial charge in [0.2, 0.25) is 11.2 Å². The molecule has 3 aromatic carbocycles. The fourth-order valence-electron chi connectivity index (χ4n) is 3.18. The van der Waals surface area contributed by atoms with Crippen LogP contribution in [0.15, 0.2) is 75.9 Å². The third-order valence-corrected chi connectivity index (χ3v) is 5.21. The van der Waals surface area contributed by atoms with Crippen LogP contribution in [-0.4, -0.2) is 19.0 Å². The van der Waals surface area contributed by atoms with Gasteiger partial charge in [0.05, 0.1) is 28.6 Å². The van der Waals surface area contributed by atoms with Crippen molar-refractivity contribution in [1.82, 2.24) is 0 Å². The summed E-state index contributed by atoms with van der Waals surface area (Å²) in [6, 6.07) is 14.3. The van der Waals surface area contributed by atoms with E-state index in [1.807, 2.05) is 0 Å². The first-order valence-corrected chi connectivity index (χ1v) is 10.5. The molecule has 1 heterocycles. The van der Waals surface area contributed by atoms with Crippen molar-refractivity contribution in [2.75, 3.05) is 7.11 Å². The maximum Gasteiger partial charge on any atom is 0.453 e. The summed E-state index contributed by atoms with van der Waals surface area (Å²) < 4.78 is 61.3. The first kappa shape index (κ1) is 24.8. The van der Waals surface area contributed by atoms with Crippen LogP contribution < -0.4 is 14.9 Å². The molecule has 36 heavy (non-hydrogen) atoms. The van der Waals surface area contributed by atoms with Crippen molar-refractivity contribution in [1.29, 1.82) is 0 Å². The van der Waals surface area contributed by atoms with Gasteiger partial charge < -0.3 is 18.6 Å². The van der Waals surface area contributed by atoms with E-state index >= 15 is 0 Å². The van der Waals surface area contributed by atoms with Gasteiger partial charge in [-0.15, -0.1) is 0 Å². The number of fused-ring (bicyclic) bond motifs is 1. The van der Waals surface area contributed by atoms with Crippen LogP contribution in [0.25, 0.3) is 11.0 Å². The van der Waals surface area contributed by atoms with E-state index < -0.39 is 40.6 Å². The van der Waals surface area contributed by atoms with Gasteiger partial charge in [-0.05, 0) is 48.5 Å². The van der Waals surface area contributed by atoms with E-state index in [0.717, 1.165) is 12.1 Å². The van der Waals surface area contributed by atoms with Gasteiger partial charge in [-0.25, -0.2) is 9.59 Å². The zero-order valence-electron chi connectivity index (χ0n) is 18.2. The number of hydrogen-bond donors (Lipinski definition) is 0. The summed E-state index contributed by atoms with van der Waals surface area (Å²) in [6.45, 7) is 0. The highest BCUT2D eigenvalue weighted by molar-refractivity contribution is 6.33. The minimum absolute atomic E-state index is 0.0404. The maximum absolute atomic E-state index is 13.8. The summed E-state index contributed by atoms with van der Waals surface area (Å²) in [4.78, 5) is 36.9. The standard InChI is InChI=1S/C25H14ClF3O7/c1-33-23(31)13-6-8-14(9-7-13)34-21-20(30)17-11-10-15(12-19(17)36-22(21)25(27,28)29)35-24(32)16-4-2-3-5-18(16)26/h2-12H,1H3. The summed E-state index contributed by atoms with van der Waals surface area (Å²) in [6.07, 6.45) is -5.10. The average molecular weight is 519 g/mol. The van der Waals surface area contributed by atoms with E-state index in [0.29, 0.717) is 0 Å². The molecule has 0 aliphatic heterocycles. The topological polar surface area (TPSA) is 92.0 Å². The number of halogens is 4. The van der Waals surface area contributed by atoms with Crippen LogP contribution in [0.3, 0.4) is 0 Å². The fourth-order valence-corrected chi connectivity index (χ4v) is 3.40. The highest BCUT2D eigenvalue weighted by Crippen LogP contribution is 2.38. The Labute approximate surface area is 205 Å². The molecule has 11 heteroatoms. The molecule has 0 spiro atoms. The highest BCUT2D eigenvalue weighted by Gasteiger charge is 2.40. The number of esters is 2. The number of hydrogen-bond acceptors (Lipinski definition) is 7. The molecule has 0 saturated heterocycles. The Morgan fingerprint density at radius 2 is 1.58 bits per heavy atom. The fraction of sp³-hybridized carbons (Fsp3) is 0.0800. The number of alkyl halides is 3. The van der Waals surface area contributed by atoms with Gasteiger partial charge in [-0.1, -0.05) is 23.7 Å². The third-order valence-electron chi connectivity index (χ3n) is 4.88. The number of methoxy groups -OCH3 is 1. The number of carbonyl (C=O) groups excluding carboxylic acids is 2. The van der Waals surface area contributed by atoms with Gasteiger partial charge in [-0.3, -0.25) is 4.79 Å². The minimum Gasteiger partial charge on any atom is -0.465 e. The Bertz CT molecular complexity index is 1530. The van der Waals surface area contributed by atoms with E-state index in [-0.39, 0.29) is 33.0 Å². The van der Waals surface area contributed by atoms with Crippen molar-refractivity contribution in [2.24, 2.45) is 0 Å². The third kappa shape index (κ3) is 5.03. The van der Waals surface area contributed by atoms with E-state index in [2.05, 4.69) is 4.74 Å². The molecule has 1 aromatic heterocycles. The molecule has 0 unspecified atom stereocenters. The Kier molecular flexibility index (Phi) is 6.71. The number of rotatable bonds is 5. The lowest BCUT2D eigenvalue weighted by atomic mass is 10.2. The monoisotopic (exact) mass is 518 g/mol. The van der Waals surface area contributed by atoms with Crippen LogP contribution in [0.5, 0.6) is 17.2 Å². The molecule has 0 N–H and O–H groups in total. The molecule has 0 aliphatic rings. The van der Waals surface area contributed by atoms with Crippen molar-refractivity contribution in [2.45, 2.75) is 6.18 Å². The molecule has 184 valence electrons. The van der Waals surface area contributed by atoms with E-state index in [4.69, 9.17) is 25.5 Å². The lowest BCUT2D eigenvalue weighted by molar-refractivity contribution is -0.154. The predicted octanol–water partition coefficient (Wildman–Crippen LogP) is 6.26. The molecule has 0 bridgehead atoms. The first-order chi connectivity index (χ1) is 17.1. The molecule has 0 saturated carbocycles. The summed E-state index contributed by atoms with van der Waals surface area (Å²) in [5.74, 6) is -4.61. The molecule has 0 amide bonds. The van der Waals surface area contributed by atoms with Crippen molar-refractivity contribution in [3.8, 4) is 17.2 Å². The highest BCUT2D eigenvalue weighted by atomic mass is 35.5. The molecular weight excluding hydrogens is 505 g/mol. The van der Waals surface area contributed by atoms with Gasteiger partial charge in [0.25, 0.3) is 5.76 Å². The lowest BCUT2D eigenvalue weighted by Crippen LogP contribution is -2.16. The molecule has 0 fully saturated rings. The summed E-state index contributed by atoms with van der Waals surface area (Å²) in [5, 5.41) is -0.127.